The summed E-state index contributed by atoms with van der Waals surface area (Å²) in [6.07, 6.45) is 1.53. The van der Waals surface area contributed by atoms with Crippen LogP contribution in [0.5, 0.6) is 5.75 Å². The van der Waals surface area contributed by atoms with Gasteiger partial charge in [-0.1, -0.05) is 18.2 Å². The largest absolute Gasteiger partial charge is 0.489 e. The lowest BCUT2D eigenvalue weighted by Crippen LogP contribution is -2.07. The number of fused-ring (bicyclic) bond motifs is 1. The molecule has 0 atom stereocenters. The fraction of sp³-hybridized carbons (Fsp3) is 0.150. The van der Waals surface area contributed by atoms with Crippen molar-refractivity contribution >= 4 is 28.5 Å². The first kappa shape index (κ1) is 19.1. The summed E-state index contributed by atoms with van der Waals surface area (Å²) in [5.74, 6) is 0.481. The van der Waals surface area contributed by atoms with Crippen LogP contribution in [0, 0.1) is 5.82 Å². The number of aromatic nitrogens is 4. The Labute approximate surface area is 170 Å². The summed E-state index contributed by atoms with van der Waals surface area (Å²) in [4.78, 5) is 8.04. The Kier molecular flexibility index (Phi) is 5.28. The van der Waals surface area contributed by atoms with E-state index in [1.165, 1.54) is 16.9 Å². The zero-order chi connectivity index (χ0) is 20.4. The Morgan fingerprint density at radius 3 is 2.83 bits per heavy atom. The number of hydrogen-bond donors (Lipinski definition) is 2. The molecule has 3 N–H and O–H groups in total. The Morgan fingerprint density at radius 2 is 2.00 bits per heavy atom. The van der Waals surface area contributed by atoms with Gasteiger partial charge in [-0.2, -0.15) is 10.1 Å². The molecule has 0 bridgehead atoms. The number of halogens is 2. The standard InChI is InChI=1S/C20H17ClFN5O2/c21-20-25-18(23)16-8-24-27(19(16)26-20)9-14-6-13(4-5-17(14)22)11-29-15-3-1-2-12(7-15)10-28/h1-8,28H,9-11H2,(H2,23,25,26). The van der Waals surface area contributed by atoms with Gasteiger partial charge in [0.1, 0.15) is 24.0 Å². The molecule has 9 heteroatoms. The number of anilines is 1. The van der Waals surface area contributed by atoms with Gasteiger partial charge in [0, 0.05) is 5.56 Å². The highest BCUT2D eigenvalue weighted by Gasteiger charge is 2.13. The van der Waals surface area contributed by atoms with Crippen molar-refractivity contribution in [2.45, 2.75) is 19.8 Å². The lowest BCUT2D eigenvalue weighted by Gasteiger charge is -2.10. The van der Waals surface area contributed by atoms with Crippen LogP contribution in [0.2, 0.25) is 5.28 Å². The summed E-state index contributed by atoms with van der Waals surface area (Å²) in [7, 11) is 0. The van der Waals surface area contributed by atoms with Crippen molar-refractivity contribution in [1.29, 1.82) is 0 Å². The number of benzene rings is 2. The van der Waals surface area contributed by atoms with E-state index in [4.69, 9.17) is 22.1 Å². The second-order valence-corrected chi connectivity index (χ2v) is 6.78. The van der Waals surface area contributed by atoms with E-state index in [1.807, 2.05) is 0 Å². The monoisotopic (exact) mass is 413 g/mol. The molecule has 2 aromatic heterocycles. The van der Waals surface area contributed by atoms with Gasteiger partial charge in [-0.25, -0.2) is 14.1 Å². The van der Waals surface area contributed by atoms with Crippen LogP contribution in [0.3, 0.4) is 0 Å². The molecule has 0 aliphatic carbocycles. The third kappa shape index (κ3) is 4.13. The molecule has 0 saturated heterocycles. The maximum atomic E-state index is 14.4. The van der Waals surface area contributed by atoms with E-state index in [0.717, 1.165) is 11.1 Å². The summed E-state index contributed by atoms with van der Waals surface area (Å²) < 4.78 is 21.7. The van der Waals surface area contributed by atoms with Gasteiger partial charge in [-0.15, -0.1) is 0 Å². The van der Waals surface area contributed by atoms with Crippen LogP contribution in [0.1, 0.15) is 16.7 Å². The summed E-state index contributed by atoms with van der Waals surface area (Å²) in [5, 5.41) is 14.0. The molecule has 0 aliphatic heterocycles. The van der Waals surface area contributed by atoms with E-state index < -0.39 is 0 Å². The van der Waals surface area contributed by atoms with Crippen molar-refractivity contribution in [1.82, 2.24) is 19.7 Å². The maximum absolute atomic E-state index is 14.4. The summed E-state index contributed by atoms with van der Waals surface area (Å²) in [6.45, 7) is 0.340. The van der Waals surface area contributed by atoms with Crippen LogP contribution < -0.4 is 10.5 Å². The van der Waals surface area contributed by atoms with Crippen molar-refractivity contribution in [3.8, 4) is 5.75 Å². The van der Waals surface area contributed by atoms with Crippen molar-refractivity contribution in [3.05, 3.63) is 76.5 Å². The van der Waals surface area contributed by atoms with Crippen LogP contribution in [0.4, 0.5) is 10.2 Å². The number of aliphatic hydroxyl groups is 1. The van der Waals surface area contributed by atoms with E-state index in [2.05, 4.69) is 15.1 Å². The van der Waals surface area contributed by atoms with Gasteiger partial charge in [0.05, 0.1) is 24.7 Å². The van der Waals surface area contributed by atoms with Crippen LogP contribution in [0.15, 0.2) is 48.7 Å². The van der Waals surface area contributed by atoms with Gasteiger partial charge in [0.2, 0.25) is 5.28 Å². The number of rotatable bonds is 6. The molecule has 4 rings (SSSR count). The van der Waals surface area contributed by atoms with Gasteiger partial charge in [0.25, 0.3) is 0 Å². The van der Waals surface area contributed by atoms with E-state index in [0.29, 0.717) is 22.3 Å². The molecule has 0 aliphatic rings. The van der Waals surface area contributed by atoms with Gasteiger partial charge in [-0.05, 0) is 47.0 Å². The van der Waals surface area contributed by atoms with Crippen molar-refractivity contribution in [2.75, 3.05) is 5.73 Å². The summed E-state index contributed by atoms with van der Waals surface area (Å²) in [6, 6.07) is 11.9. The topological polar surface area (TPSA) is 99.1 Å². The molecule has 0 fully saturated rings. The van der Waals surface area contributed by atoms with Crippen LogP contribution in [-0.4, -0.2) is 24.9 Å². The minimum Gasteiger partial charge on any atom is -0.489 e. The summed E-state index contributed by atoms with van der Waals surface area (Å²) >= 11 is 5.88. The van der Waals surface area contributed by atoms with E-state index in [9.17, 15) is 9.50 Å². The van der Waals surface area contributed by atoms with Gasteiger partial charge in [-0.3, -0.25) is 0 Å². The lowest BCUT2D eigenvalue weighted by molar-refractivity contribution is 0.278. The molecule has 4 aromatic rings. The molecule has 0 unspecified atom stereocenters. The highest BCUT2D eigenvalue weighted by Crippen LogP contribution is 2.22. The van der Waals surface area contributed by atoms with Crippen molar-refractivity contribution in [2.24, 2.45) is 0 Å². The van der Waals surface area contributed by atoms with Gasteiger partial charge in [0.15, 0.2) is 5.65 Å². The van der Waals surface area contributed by atoms with E-state index in [1.54, 1.807) is 36.4 Å². The normalized spacial score (nSPS) is 11.1. The fourth-order valence-corrected chi connectivity index (χ4v) is 3.14. The summed E-state index contributed by atoms with van der Waals surface area (Å²) in [5.41, 5.74) is 8.25. The average molecular weight is 414 g/mol. The third-order valence-electron chi connectivity index (χ3n) is 4.42. The van der Waals surface area contributed by atoms with Crippen LogP contribution in [-0.2, 0) is 19.8 Å². The minimum atomic E-state index is -0.368. The molecular weight excluding hydrogens is 397 g/mol. The van der Waals surface area contributed by atoms with E-state index in [-0.39, 0.29) is 36.7 Å². The Hall–Kier alpha value is -3.23. The number of aliphatic hydroxyl groups excluding tert-OH is 1. The number of nitrogens with zero attached hydrogens (tertiary/aromatic N) is 4. The smallest absolute Gasteiger partial charge is 0.226 e. The predicted molar refractivity (Wildman–Crippen MR) is 107 cm³/mol. The first-order valence-corrected chi connectivity index (χ1v) is 9.15. The molecule has 29 heavy (non-hydrogen) atoms. The predicted octanol–water partition coefficient (Wildman–Crippen LogP) is 3.32. The molecule has 0 radical (unpaired) electrons. The zero-order valence-corrected chi connectivity index (χ0v) is 16.0. The second kappa shape index (κ2) is 8.02. The van der Waals surface area contributed by atoms with Crippen molar-refractivity contribution < 1.29 is 14.2 Å². The van der Waals surface area contributed by atoms with Crippen LogP contribution >= 0.6 is 11.6 Å². The molecule has 0 saturated carbocycles. The zero-order valence-electron chi connectivity index (χ0n) is 15.2. The quantitative estimate of drug-likeness (QED) is 0.470. The molecule has 148 valence electrons. The third-order valence-corrected chi connectivity index (χ3v) is 4.58. The van der Waals surface area contributed by atoms with E-state index >= 15 is 0 Å². The number of ether oxygens (including phenoxy) is 1. The first-order valence-electron chi connectivity index (χ1n) is 8.78. The fourth-order valence-electron chi connectivity index (χ4n) is 2.97. The highest BCUT2D eigenvalue weighted by atomic mass is 35.5. The second-order valence-electron chi connectivity index (χ2n) is 6.44. The molecule has 7 nitrogen and oxygen atoms in total. The SMILES string of the molecule is Nc1nc(Cl)nc2c1cnn2Cc1cc(COc2cccc(CO)c2)ccc1F. The first-order chi connectivity index (χ1) is 14.0. The van der Waals surface area contributed by atoms with Gasteiger partial charge < -0.3 is 15.6 Å². The molecular formula is C20H17ClFN5O2. The highest BCUT2D eigenvalue weighted by molar-refractivity contribution is 6.28. The molecule has 0 amide bonds. The Morgan fingerprint density at radius 1 is 1.14 bits per heavy atom. The van der Waals surface area contributed by atoms with Crippen molar-refractivity contribution in [3.63, 3.8) is 0 Å². The number of hydrogen-bond acceptors (Lipinski definition) is 6. The molecule has 2 aromatic carbocycles. The molecule has 2 heterocycles. The Bertz CT molecular complexity index is 1180. The minimum absolute atomic E-state index is 0.00415. The van der Waals surface area contributed by atoms with Crippen LogP contribution in [0.25, 0.3) is 11.0 Å². The Balaban J connectivity index is 1.56. The van der Waals surface area contributed by atoms with Gasteiger partial charge >= 0.3 is 0 Å². The molecule has 0 spiro atoms. The maximum Gasteiger partial charge on any atom is 0.226 e. The number of nitrogen functional groups attached to an aromatic ring is 1. The lowest BCUT2D eigenvalue weighted by atomic mass is 10.1. The number of nitrogens with two attached hydrogens (primary N) is 1. The average Bonchev–Trinajstić information content (AvgIpc) is 3.11.